The normalized spacial score (nSPS) is 17.3. The second-order valence-corrected chi connectivity index (χ2v) is 5.41. The molecular formula is C17H25NO4. The van der Waals surface area contributed by atoms with Crippen molar-refractivity contribution in [1.29, 1.82) is 0 Å². The zero-order valence-corrected chi connectivity index (χ0v) is 13.4. The number of methoxy groups -OCH3 is 1. The molecule has 1 fully saturated rings. The van der Waals surface area contributed by atoms with Crippen molar-refractivity contribution in [2.75, 3.05) is 20.3 Å². The first-order valence-electron chi connectivity index (χ1n) is 7.93. The van der Waals surface area contributed by atoms with E-state index in [4.69, 9.17) is 14.2 Å². The average Bonchev–Trinajstić information content (AvgIpc) is 3.08. The molecule has 122 valence electrons. The van der Waals surface area contributed by atoms with E-state index >= 15 is 0 Å². The van der Waals surface area contributed by atoms with Gasteiger partial charge in [-0.25, -0.2) is 0 Å². The van der Waals surface area contributed by atoms with Crippen LogP contribution in [0, 0.1) is 0 Å². The maximum atomic E-state index is 11.9. The second-order valence-electron chi connectivity index (χ2n) is 5.41. The summed E-state index contributed by atoms with van der Waals surface area (Å²) in [6, 6.07) is 5.73. The zero-order valence-electron chi connectivity index (χ0n) is 13.4. The SMILES string of the molecule is CCCCOc1ccc(CNC(=O)C2CCCO2)cc1OC. The van der Waals surface area contributed by atoms with Crippen LogP contribution in [0.1, 0.15) is 38.2 Å². The standard InChI is InChI=1S/C17H25NO4/c1-3-4-9-21-14-8-7-13(11-16(14)20-2)12-18-17(19)15-6-5-10-22-15/h7-8,11,15H,3-6,9-10,12H2,1-2H3,(H,18,19). The van der Waals surface area contributed by atoms with Gasteiger partial charge in [-0.2, -0.15) is 0 Å². The molecule has 1 atom stereocenters. The van der Waals surface area contributed by atoms with E-state index in [1.165, 1.54) is 0 Å². The highest BCUT2D eigenvalue weighted by molar-refractivity contribution is 5.80. The molecule has 1 N–H and O–H groups in total. The fraction of sp³-hybridized carbons (Fsp3) is 0.588. The number of carbonyl (C=O) groups is 1. The number of unbranched alkanes of at least 4 members (excludes halogenated alkanes) is 1. The van der Waals surface area contributed by atoms with Gasteiger partial charge in [0.05, 0.1) is 13.7 Å². The van der Waals surface area contributed by atoms with E-state index in [2.05, 4.69) is 12.2 Å². The molecule has 2 rings (SSSR count). The van der Waals surface area contributed by atoms with Gasteiger partial charge in [0.1, 0.15) is 6.10 Å². The molecule has 0 aromatic heterocycles. The van der Waals surface area contributed by atoms with E-state index in [1.54, 1.807) is 7.11 Å². The Kier molecular flexibility index (Phi) is 6.52. The predicted molar refractivity (Wildman–Crippen MR) is 84.2 cm³/mol. The van der Waals surface area contributed by atoms with Crippen LogP contribution in [0.2, 0.25) is 0 Å². The summed E-state index contributed by atoms with van der Waals surface area (Å²) < 4.78 is 16.4. The van der Waals surface area contributed by atoms with Gasteiger partial charge in [0, 0.05) is 13.2 Å². The summed E-state index contributed by atoms with van der Waals surface area (Å²) in [5.41, 5.74) is 0.978. The first-order valence-corrected chi connectivity index (χ1v) is 7.93. The third kappa shape index (κ3) is 4.63. The van der Waals surface area contributed by atoms with Gasteiger partial charge in [-0.3, -0.25) is 4.79 Å². The Morgan fingerprint density at radius 3 is 2.95 bits per heavy atom. The van der Waals surface area contributed by atoms with Gasteiger partial charge in [0.15, 0.2) is 11.5 Å². The van der Waals surface area contributed by atoms with E-state index in [0.29, 0.717) is 25.5 Å². The van der Waals surface area contributed by atoms with Crippen LogP contribution in [0.25, 0.3) is 0 Å². The lowest BCUT2D eigenvalue weighted by molar-refractivity contribution is -0.130. The van der Waals surface area contributed by atoms with Crippen LogP contribution >= 0.6 is 0 Å². The Morgan fingerprint density at radius 1 is 1.41 bits per heavy atom. The van der Waals surface area contributed by atoms with Crippen molar-refractivity contribution in [2.24, 2.45) is 0 Å². The molecule has 22 heavy (non-hydrogen) atoms. The Labute approximate surface area is 131 Å². The minimum absolute atomic E-state index is 0.0419. The van der Waals surface area contributed by atoms with Crippen molar-refractivity contribution in [1.82, 2.24) is 5.32 Å². The molecular weight excluding hydrogens is 282 g/mol. The topological polar surface area (TPSA) is 56.8 Å². The Balaban J connectivity index is 1.89. The molecule has 0 radical (unpaired) electrons. The van der Waals surface area contributed by atoms with E-state index < -0.39 is 0 Å². The van der Waals surface area contributed by atoms with Crippen molar-refractivity contribution in [3.63, 3.8) is 0 Å². The highest BCUT2D eigenvalue weighted by atomic mass is 16.5. The quantitative estimate of drug-likeness (QED) is 0.750. The molecule has 5 heteroatoms. The maximum Gasteiger partial charge on any atom is 0.249 e. The van der Waals surface area contributed by atoms with Crippen LogP contribution in [0.3, 0.4) is 0 Å². The first kappa shape index (κ1) is 16.6. The Morgan fingerprint density at radius 2 is 2.27 bits per heavy atom. The lowest BCUT2D eigenvalue weighted by atomic mass is 10.2. The van der Waals surface area contributed by atoms with Crippen molar-refractivity contribution in [3.05, 3.63) is 23.8 Å². The summed E-state index contributed by atoms with van der Waals surface area (Å²) >= 11 is 0. The molecule has 1 saturated heterocycles. The fourth-order valence-corrected chi connectivity index (χ4v) is 2.36. The van der Waals surface area contributed by atoms with E-state index in [-0.39, 0.29) is 12.0 Å². The molecule has 0 bridgehead atoms. The molecule has 0 spiro atoms. The van der Waals surface area contributed by atoms with Gasteiger partial charge in [0.2, 0.25) is 5.91 Å². The van der Waals surface area contributed by atoms with Gasteiger partial charge in [0.25, 0.3) is 0 Å². The van der Waals surface area contributed by atoms with Crippen molar-refractivity contribution in [3.8, 4) is 11.5 Å². The summed E-state index contributed by atoms with van der Waals surface area (Å²) in [6.45, 7) is 3.95. The van der Waals surface area contributed by atoms with Crippen LogP contribution < -0.4 is 14.8 Å². The second kappa shape index (κ2) is 8.63. The van der Waals surface area contributed by atoms with Gasteiger partial charge in [-0.15, -0.1) is 0 Å². The number of hydrogen-bond donors (Lipinski definition) is 1. The van der Waals surface area contributed by atoms with Gasteiger partial charge >= 0.3 is 0 Å². The maximum absolute atomic E-state index is 11.9. The molecule has 1 amide bonds. The number of rotatable bonds is 8. The number of benzene rings is 1. The summed E-state index contributed by atoms with van der Waals surface area (Å²) in [5.74, 6) is 1.39. The monoisotopic (exact) mass is 307 g/mol. The zero-order chi connectivity index (χ0) is 15.8. The third-order valence-corrected chi connectivity index (χ3v) is 3.67. The lowest BCUT2D eigenvalue weighted by Gasteiger charge is -2.13. The van der Waals surface area contributed by atoms with Gasteiger partial charge < -0.3 is 19.5 Å². The molecule has 0 saturated carbocycles. The van der Waals surface area contributed by atoms with Crippen LogP contribution in [-0.2, 0) is 16.1 Å². The van der Waals surface area contributed by atoms with Crippen LogP contribution in [0.15, 0.2) is 18.2 Å². The molecule has 1 aliphatic heterocycles. The van der Waals surface area contributed by atoms with Crippen LogP contribution in [0.4, 0.5) is 0 Å². The summed E-state index contributed by atoms with van der Waals surface area (Å²) in [7, 11) is 1.62. The third-order valence-electron chi connectivity index (χ3n) is 3.67. The number of nitrogens with one attached hydrogen (secondary N) is 1. The Hall–Kier alpha value is -1.75. The van der Waals surface area contributed by atoms with Gasteiger partial charge in [-0.1, -0.05) is 19.4 Å². The molecule has 1 heterocycles. The number of amides is 1. The highest BCUT2D eigenvalue weighted by Crippen LogP contribution is 2.28. The minimum Gasteiger partial charge on any atom is -0.493 e. The minimum atomic E-state index is -0.293. The number of hydrogen-bond acceptors (Lipinski definition) is 4. The van der Waals surface area contributed by atoms with Crippen molar-refractivity contribution < 1.29 is 19.0 Å². The molecule has 5 nitrogen and oxygen atoms in total. The summed E-state index contributed by atoms with van der Waals surface area (Å²) in [5, 5.41) is 2.90. The number of carbonyl (C=O) groups excluding carboxylic acids is 1. The fourth-order valence-electron chi connectivity index (χ4n) is 2.36. The lowest BCUT2D eigenvalue weighted by Crippen LogP contribution is -2.33. The predicted octanol–water partition coefficient (Wildman–Crippen LogP) is 2.67. The van der Waals surface area contributed by atoms with E-state index in [0.717, 1.165) is 37.0 Å². The number of ether oxygens (including phenoxy) is 3. The first-order chi connectivity index (χ1) is 10.7. The Bertz CT molecular complexity index is 484. The summed E-state index contributed by atoms with van der Waals surface area (Å²) in [4.78, 5) is 11.9. The van der Waals surface area contributed by atoms with Crippen LogP contribution in [-0.4, -0.2) is 32.3 Å². The van der Waals surface area contributed by atoms with Crippen molar-refractivity contribution in [2.45, 2.75) is 45.3 Å². The molecule has 1 aromatic carbocycles. The van der Waals surface area contributed by atoms with Crippen LogP contribution in [0.5, 0.6) is 11.5 Å². The smallest absolute Gasteiger partial charge is 0.249 e. The van der Waals surface area contributed by atoms with Crippen molar-refractivity contribution >= 4 is 5.91 Å². The molecule has 1 aliphatic rings. The average molecular weight is 307 g/mol. The largest absolute Gasteiger partial charge is 0.493 e. The highest BCUT2D eigenvalue weighted by Gasteiger charge is 2.23. The van der Waals surface area contributed by atoms with E-state index in [9.17, 15) is 4.79 Å². The van der Waals surface area contributed by atoms with Gasteiger partial charge in [-0.05, 0) is 37.0 Å². The van der Waals surface area contributed by atoms with E-state index in [1.807, 2.05) is 18.2 Å². The molecule has 1 unspecified atom stereocenters. The summed E-state index contributed by atoms with van der Waals surface area (Å²) in [6.07, 6.45) is 3.58. The molecule has 0 aliphatic carbocycles. The molecule has 1 aromatic rings.